The fourth-order valence-corrected chi connectivity index (χ4v) is 1.59. The van der Waals surface area contributed by atoms with E-state index in [2.05, 4.69) is 0 Å². The second-order valence-corrected chi connectivity index (χ2v) is 4.48. The lowest BCUT2D eigenvalue weighted by atomic mass is 9.96. The van der Waals surface area contributed by atoms with Gasteiger partial charge in [0.1, 0.15) is 6.67 Å². The number of hydrogen-bond donors (Lipinski definition) is 1. The third kappa shape index (κ3) is 2.44. The Morgan fingerprint density at radius 2 is 2.12 bits per heavy atom. The average Bonchev–Trinajstić information content (AvgIpc) is 2.73. The van der Waals surface area contributed by atoms with Gasteiger partial charge in [-0.2, -0.15) is 0 Å². The van der Waals surface area contributed by atoms with E-state index in [-0.39, 0.29) is 6.79 Å². The molecule has 0 spiro atoms. The first-order valence-electron chi connectivity index (χ1n) is 5.34. The number of nitrogens with two attached hydrogens (primary N) is 1. The summed E-state index contributed by atoms with van der Waals surface area (Å²) in [5.41, 5.74) is 6.10. The second-order valence-electron chi connectivity index (χ2n) is 4.48. The van der Waals surface area contributed by atoms with Crippen LogP contribution in [-0.2, 0) is 6.42 Å². The van der Waals surface area contributed by atoms with Gasteiger partial charge in [-0.05, 0) is 37.5 Å². The van der Waals surface area contributed by atoms with Crippen LogP contribution in [0.25, 0.3) is 0 Å². The van der Waals surface area contributed by atoms with E-state index in [0.29, 0.717) is 6.42 Å². The van der Waals surface area contributed by atoms with Gasteiger partial charge in [-0.1, -0.05) is 6.07 Å². The Hall–Kier alpha value is -1.29. The van der Waals surface area contributed by atoms with E-state index in [1.807, 2.05) is 18.2 Å². The highest BCUT2D eigenvalue weighted by molar-refractivity contribution is 5.44. The van der Waals surface area contributed by atoms with Gasteiger partial charge in [0.05, 0.1) is 0 Å². The lowest BCUT2D eigenvalue weighted by molar-refractivity contribution is 0.174. The number of ether oxygens (including phenoxy) is 2. The van der Waals surface area contributed by atoms with Crippen LogP contribution in [0.2, 0.25) is 0 Å². The van der Waals surface area contributed by atoms with E-state index < -0.39 is 12.2 Å². The number of fused-ring (bicyclic) bond motifs is 1. The number of benzene rings is 1. The van der Waals surface area contributed by atoms with Crippen LogP contribution in [0.4, 0.5) is 4.39 Å². The predicted molar refractivity (Wildman–Crippen MR) is 59.5 cm³/mol. The van der Waals surface area contributed by atoms with Gasteiger partial charge < -0.3 is 15.2 Å². The van der Waals surface area contributed by atoms with Crippen molar-refractivity contribution in [2.75, 3.05) is 13.5 Å². The molecular weight excluding hydrogens is 209 g/mol. The SMILES string of the molecule is CC(N)(CF)CCc1ccc2c(c1)OCO2. The summed E-state index contributed by atoms with van der Waals surface area (Å²) in [5.74, 6) is 1.53. The largest absolute Gasteiger partial charge is 0.454 e. The molecule has 1 aliphatic rings. The van der Waals surface area contributed by atoms with Crippen molar-refractivity contribution < 1.29 is 13.9 Å². The summed E-state index contributed by atoms with van der Waals surface area (Å²) < 4.78 is 23.0. The van der Waals surface area contributed by atoms with Crippen molar-refractivity contribution >= 4 is 0 Å². The van der Waals surface area contributed by atoms with Crippen LogP contribution < -0.4 is 15.2 Å². The summed E-state index contributed by atoms with van der Waals surface area (Å²) in [6.45, 7) is 1.50. The smallest absolute Gasteiger partial charge is 0.231 e. The van der Waals surface area contributed by atoms with Crippen LogP contribution in [0.15, 0.2) is 18.2 Å². The van der Waals surface area contributed by atoms with Crippen molar-refractivity contribution in [1.82, 2.24) is 0 Å². The molecule has 3 nitrogen and oxygen atoms in total. The summed E-state index contributed by atoms with van der Waals surface area (Å²) in [6.07, 6.45) is 1.36. The van der Waals surface area contributed by atoms with Crippen molar-refractivity contribution in [1.29, 1.82) is 0 Å². The minimum absolute atomic E-state index is 0.276. The zero-order chi connectivity index (χ0) is 11.6. The minimum atomic E-state index is -0.740. The third-order valence-electron chi connectivity index (χ3n) is 2.73. The maximum absolute atomic E-state index is 12.5. The molecule has 0 aromatic heterocycles. The third-order valence-corrected chi connectivity index (χ3v) is 2.73. The van der Waals surface area contributed by atoms with Crippen LogP contribution in [0.3, 0.4) is 0 Å². The van der Waals surface area contributed by atoms with Gasteiger partial charge in [0.15, 0.2) is 11.5 Å². The van der Waals surface area contributed by atoms with Gasteiger partial charge in [-0.3, -0.25) is 0 Å². The molecule has 0 saturated carbocycles. The highest BCUT2D eigenvalue weighted by atomic mass is 19.1. The predicted octanol–water partition coefficient (Wildman–Crippen LogP) is 2.03. The molecule has 0 saturated heterocycles. The van der Waals surface area contributed by atoms with E-state index >= 15 is 0 Å². The molecule has 0 aliphatic carbocycles. The van der Waals surface area contributed by atoms with Crippen LogP contribution in [-0.4, -0.2) is 19.0 Å². The first kappa shape index (κ1) is 11.2. The topological polar surface area (TPSA) is 44.5 Å². The van der Waals surface area contributed by atoms with Gasteiger partial charge in [0.2, 0.25) is 6.79 Å². The highest BCUT2D eigenvalue weighted by Gasteiger charge is 2.19. The quantitative estimate of drug-likeness (QED) is 0.852. The van der Waals surface area contributed by atoms with E-state index in [4.69, 9.17) is 15.2 Å². The number of rotatable bonds is 4. The molecule has 1 unspecified atom stereocenters. The van der Waals surface area contributed by atoms with Crippen molar-refractivity contribution in [3.05, 3.63) is 23.8 Å². The van der Waals surface area contributed by atoms with Gasteiger partial charge in [-0.25, -0.2) is 4.39 Å². The summed E-state index contributed by atoms with van der Waals surface area (Å²) in [6, 6.07) is 5.76. The first-order valence-corrected chi connectivity index (χ1v) is 5.34. The Bertz CT molecular complexity index is 379. The fraction of sp³-hybridized carbons (Fsp3) is 0.500. The molecule has 4 heteroatoms. The molecule has 16 heavy (non-hydrogen) atoms. The zero-order valence-corrected chi connectivity index (χ0v) is 9.33. The van der Waals surface area contributed by atoms with Crippen LogP contribution in [0, 0.1) is 0 Å². The summed E-state index contributed by atoms with van der Waals surface area (Å²) in [5, 5.41) is 0. The summed E-state index contributed by atoms with van der Waals surface area (Å²) in [4.78, 5) is 0. The highest BCUT2D eigenvalue weighted by Crippen LogP contribution is 2.33. The molecule has 1 atom stereocenters. The second kappa shape index (κ2) is 4.29. The molecule has 0 amide bonds. The van der Waals surface area contributed by atoms with E-state index in [9.17, 15) is 4.39 Å². The van der Waals surface area contributed by atoms with Crippen molar-refractivity contribution in [3.63, 3.8) is 0 Å². The molecular formula is C12H16FNO2. The molecule has 1 heterocycles. The Labute approximate surface area is 94.3 Å². The van der Waals surface area contributed by atoms with Crippen molar-refractivity contribution in [2.45, 2.75) is 25.3 Å². The minimum Gasteiger partial charge on any atom is -0.454 e. The Morgan fingerprint density at radius 3 is 2.88 bits per heavy atom. The molecule has 1 aromatic rings. The Morgan fingerprint density at radius 1 is 1.38 bits per heavy atom. The van der Waals surface area contributed by atoms with Gasteiger partial charge in [0, 0.05) is 5.54 Å². The maximum Gasteiger partial charge on any atom is 0.231 e. The monoisotopic (exact) mass is 225 g/mol. The zero-order valence-electron chi connectivity index (χ0n) is 9.33. The lowest BCUT2D eigenvalue weighted by Crippen LogP contribution is -2.38. The van der Waals surface area contributed by atoms with E-state index in [0.717, 1.165) is 23.5 Å². The lowest BCUT2D eigenvalue weighted by Gasteiger charge is -2.20. The number of aryl methyl sites for hydroxylation is 1. The normalized spacial score (nSPS) is 17.2. The molecule has 2 N–H and O–H groups in total. The molecule has 2 rings (SSSR count). The van der Waals surface area contributed by atoms with Crippen molar-refractivity contribution in [3.8, 4) is 11.5 Å². The summed E-state index contributed by atoms with van der Waals surface area (Å²) in [7, 11) is 0. The van der Waals surface area contributed by atoms with Crippen molar-refractivity contribution in [2.24, 2.45) is 5.73 Å². The van der Waals surface area contributed by atoms with Gasteiger partial charge in [0.25, 0.3) is 0 Å². The Balaban J connectivity index is 2.00. The van der Waals surface area contributed by atoms with E-state index in [1.165, 1.54) is 0 Å². The van der Waals surface area contributed by atoms with Crippen LogP contribution >= 0.6 is 0 Å². The number of alkyl halides is 1. The van der Waals surface area contributed by atoms with Crippen LogP contribution in [0.1, 0.15) is 18.9 Å². The fourth-order valence-electron chi connectivity index (χ4n) is 1.59. The molecule has 1 aromatic carbocycles. The molecule has 0 bridgehead atoms. The van der Waals surface area contributed by atoms with E-state index in [1.54, 1.807) is 6.92 Å². The Kier molecular flexibility index (Phi) is 3.01. The first-order chi connectivity index (χ1) is 7.61. The molecule has 1 aliphatic heterocycles. The van der Waals surface area contributed by atoms with Gasteiger partial charge >= 0.3 is 0 Å². The molecule has 0 fully saturated rings. The molecule has 88 valence electrons. The number of hydrogen-bond acceptors (Lipinski definition) is 3. The van der Waals surface area contributed by atoms with Crippen LogP contribution in [0.5, 0.6) is 11.5 Å². The number of halogens is 1. The molecule has 0 radical (unpaired) electrons. The maximum atomic E-state index is 12.5. The average molecular weight is 225 g/mol. The standard InChI is InChI=1S/C12H16FNO2/c1-12(14,7-13)5-4-9-2-3-10-11(6-9)16-8-15-10/h2-3,6H,4-5,7-8,14H2,1H3. The summed E-state index contributed by atoms with van der Waals surface area (Å²) >= 11 is 0. The van der Waals surface area contributed by atoms with Gasteiger partial charge in [-0.15, -0.1) is 0 Å².